The Morgan fingerprint density at radius 1 is 1.03 bits per heavy atom. The molecule has 8 heteroatoms. The van der Waals surface area contributed by atoms with Crippen LogP contribution in [-0.2, 0) is 13.1 Å². The van der Waals surface area contributed by atoms with E-state index in [1.807, 2.05) is 18.2 Å². The highest BCUT2D eigenvalue weighted by molar-refractivity contribution is 5.80. The lowest BCUT2D eigenvalue weighted by Crippen LogP contribution is -2.42. The fraction of sp³-hybridized carbons (Fsp3) is 0.360. The minimum atomic E-state index is 0.676. The number of aryl methyl sites for hydroxylation is 1. The molecule has 1 aliphatic heterocycles. The number of rotatable bonds is 6. The number of benzene rings is 2. The fourth-order valence-electron chi connectivity index (χ4n) is 4.82. The van der Waals surface area contributed by atoms with E-state index in [4.69, 9.17) is 4.98 Å². The highest BCUT2D eigenvalue weighted by Crippen LogP contribution is 2.35. The number of imidazole rings is 1. The topological polar surface area (TPSA) is 78.8 Å². The molecule has 1 fully saturated rings. The van der Waals surface area contributed by atoms with Crippen LogP contribution in [0.3, 0.4) is 0 Å². The number of anilines is 1. The Balaban J connectivity index is 1.27. The standard InChI is InChI=1S/C25H28N8/c1-17-26-25-23(15-31(2)16-32(25)13-18-7-8-18)33(17)14-19-9-11-20(12-10-19)21-5-3-4-6-22(21)24-27-29-30-28-24/h3-6,9-12,18H,7-8,13-16H2,1-2H3,(H,27,28,29,30). The Morgan fingerprint density at radius 2 is 1.82 bits per heavy atom. The molecule has 8 nitrogen and oxygen atoms in total. The molecule has 0 unspecified atom stereocenters. The lowest BCUT2D eigenvalue weighted by Gasteiger charge is -2.34. The van der Waals surface area contributed by atoms with Crippen LogP contribution < -0.4 is 4.90 Å². The SMILES string of the molecule is Cc1nc2c(n1Cc1ccc(-c3ccccc3-c3nnn[nH]3)cc1)CN(C)CN2CC1CC1. The van der Waals surface area contributed by atoms with Crippen molar-refractivity contribution < 1.29 is 0 Å². The van der Waals surface area contributed by atoms with Crippen LogP contribution in [0.2, 0.25) is 0 Å². The lowest BCUT2D eigenvalue weighted by atomic mass is 9.98. The van der Waals surface area contributed by atoms with Gasteiger partial charge in [0.05, 0.1) is 12.4 Å². The zero-order valence-electron chi connectivity index (χ0n) is 19.1. The van der Waals surface area contributed by atoms with Gasteiger partial charge in [0.15, 0.2) is 11.6 Å². The van der Waals surface area contributed by atoms with Gasteiger partial charge in [-0.15, -0.1) is 5.10 Å². The van der Waals surface area contributed by atoms with Crippen molar-refractivity contribution in [3.63, 3.8) is 0 Å². The molecule has 168 valence electrons. The van der Waals surface area contributed by atoms with E-state index < -0.39 is 0 Å². The third-order valence-electron chi connectivity index (χ3n) is 6.68. The predicted molar refractivity (Wildman–Crippen MR) is 128 cm³/mol. The van der Waals surface area contributed by atoms with E-state index in [0.29, 0.717) is 5.82 Å². The minimum Gasteiger partial charge on any atom is -0.342 e. The maximum Gasteiger partial charge on any atom is 0.180 e. The summed E-state index contributed by atoms with van der Waals surface area (Å²) in [5.41, 5.74) is 5.84. The zero-order valence-corrected chi connectivity index (χ0v) is 19.1. The molecule has 0 bridgehead atoms. The van der Waals surface area contributed by atoms with Crippen LogP contribution >= 0.6 is 0 Å². The van der Waals surface area contributed by atoms with Gasteiger partial charge in [0.25, 0.3) is 0 Å². The monoisotopic (exact) mass is 440 g/mol. The second kappa shape index (κ2) is 8.12. The number of hydrogen-bond donors (Lipinski definition) is 1. The van der Waals surface area contributed by atoms with E-state index >= 15 is 0 Å². The Hall–Kier alpha value is -3.52. The van der Waals surface area contributed by atoms with Crippen molar-refractivity contribution in [3.8, 4) is 22.5 Å². The van der Waals surface area contributed by atoms with Gasteiger partial charge in [0.2, 0.25) is 0 Å². The summed E-state index contributed by atoms with van der Waals surface area (Å²) in [5, 5.41) is 14.4. The first-order chi connectivity index (χ1) is 16.2. The van der Waals surface area contributed by atoms with Crippen molar-refractivity contribution in [2.75, 3.05) is 25.2 Å². The zero-order chi connectivity index (χ0) is 22.4. The maximum absolute atomic E-state index is 4.99. The Bertz CT molecular complexity index is 1250. The highest BCUT2D eigenvalue weighted by Gasteiger charge is 2.31. The molecule has 33 heavy (non-hydrogen) atoms. The van der Waals surface area contributed by atoms with E-state index in [-0.39, 0.29) is 0 Å². The summed E-state index contributed by atoms with van der Waals surface area (Å²) in [6.07, 6.45) is 2.72. The van der Waals surface area contributed by atoms with Gasteiger partial charge in [0.1, 0.15) is 5.82 Å². The maximum atomic E-state index is 4.99. The Kier molecular flexibility index (Phi) is 4.95. The molecule has 3 heterocycles. The van der Waals surface area contributed by atoms with E-state index in [0.717, 1.165) is 54.7 Å². The van der Waals surface area contributed by atoms with Crippen LogP contribution in [0.15, 0.2) is 48.5 Å². The average molecular weight is 441 g/mol. The first-order valence-corrected chi connectivity index (χ1v) is 11.6. The van der Waals surface area contributed by atoms with Gasteiger partial charge in [-0.05, 0) is 59.8 Å². The molecule has 1 N–H and O–H groups in total. The van der Waals surface area contributed by atoms with E-state index in [9.17, 15) is 0 Å². The first kappa shape index (κ1) is 20.1. The molecule has 4 aromatic rings. The van der Waals surface area contributed by atoms with E-state index in [2.05, 4.69) is 79.3 Å². The number of fused-ring (bicyclic) bond motifs is 1. The van der Waals surface area contributed by atoms with Gasteiger partial charge in [-0.1, -0.05) is 48.5 Å². The molecule has 0 amide bonds. The summed E-state index contributed by atoms with van der Waals surface area (Å²) >= 11 is 0. The number of aromatic nitrogens is 6. The number of H-pyrrole nitrogens is 1. The fourth-order valence-corrected chi connectivity index (χ4v) is 4.82. The molecule has 0 radical (unpaired) electrons. The normalized spacial score (nSPS) is 16.2. The minimum absolute atomic E-state index is 0.676. The third kappa shape index (κ3) is 3.91. The van der Waals surface area contributed by atoms with Crippen molar-refractivity contribution in [1.29, 1.82) is 0 Å². The highest BCUT2D eigenvalue weighted by atomic mass is 15.5. The van der Waals surface area contributed by atoms with Crippen molar-refractivity contribution >= 4 is 5.82 Å². The van der Waals surface area contributed by atoms with Crippen LogP contribution in [0.5, 0.6) is 0 Å². The molecule has 0 atom stereocenters. The Labute approximate surface area is 193 Å². The molecular formula is C25H28N8. The second-order valence-electron chi connectivity index (χ2n) is 9.33. The number of nitrogens with zero attached hydrogens (tertiary/aromatic N) is 7. The van der Waals surface area contributed by atoms with Crippen molar-refractivity contribution in [2.24, 2.45) is 5.92 Å². The van der Waals surface area contributed by atoms with Gasteiger partial charge < -0.3 is 9.47 Å². The molecular weight excluding hydrogens is 412 g/mol. The summed E-state index contributed by atoms with van der Waals surface area (Å²) in [7, 11) is 2.20. The molecule has 2 aromatic carbocycles. The summed E-state index contributed by atoms with van der Waals surface area (Å²) in [6, 6.07) is 17.0. The molecule has 1 aliphatic carbocycles. The van der Waals surface area contributed by atoms with Crippen molar-refractivity contribution in [2.45, 2.75) is 32.9 Å². The number of tetrazole rings is 1. The summed E-state index contributed by atoms with van der Waals surface area (Å²) in [5.74, 6) is 3.79. The molecule has 0 saturated heterocycles. The molecule has 6 rings (SSSR count). The smallest absolute Gasteiger partial charge is 0.180 e. The van der Waals surface area contributed by atoms with Gasteiger partial charge in [-0.25, -0.2) is 10.1 Å². The van der Waals surface area contributed by atoms with E-state index in [1.54, 1.807) is 0 Å². The van der Waals surface area contributed by atoms with Gasteiger partial charge in [-0.3, -0.25) is 4.90 Å². The van der Waals surface area contributed by atoms with Gasteiger partial charge >= 0.3 is 0 Å². The largest absolute Gasteiger partial charge is 0.342 e. The van der Waals surface area contributed by atoms with Gasteiger partial charge in [0, 0.05) is 25.2 Å². The summed E-state index contributed by atoms with van der Waals surface area (Å²) in [6.45, 7) is 5.99. The van der Waals surface area contributed by atoms with Crippen LogP contribution in [0.1, 0.15) is 29.9 Å². The summed E-state index contributed by atoms with van der Waals surface area (Å²) < 4.78 is 2.38. The molecule has 2 aromatic heterocycles. The molecule has 1 saturated carbocycles. The van der Waals surface area contributed by atoms with Crippen LogP contribution in [0.4, 0.5) is 5.82 Å². The second-order valence-corrected chi connectivity index (χ2v) is 9.33. The van der Waals surface area contributed by atoms with Crippen molar-refractivity contribution in [3.05, 3.63) is 65.6 Å². The summed E-state index contributed by atoms with van der Waals surface area (Å²) in [4.78, 5) is 9.85. The van der Waals surface area contributed by atoms with Gasteiger partial charge in [-0.2, -0.15) is 0 Å². The Morgan fingerprint density at radius 3 is 2.55 bits per heavy atom. The number of nitrogens with one attached hydrogen (secondary N) is 1. The number of aromatic amines is 1. The predicted octanol–water partition coefficient (Wildman–Crippen LogP) is 3.71. The number of hydrogen-bond acceptors (Lipinski definition) is 6. The van der Waals surface area contributed by atoms with Crippen LogP contribution in [-0.4, -0.2) is 55.3 Å². The molecule has 0 spiro atoms. The average Bonchev–Trinajstić information content (AvgIpc) is 3.36. The van der Waals surface area contributed by atoms with E-state index in [1.165, 1.54) is 29.9 Å². The van der Waals surface area contributed by atoms with Crippen LogP contribution in [0.25, 0.3) is 22.5 Å². The quantitative estimate of drug-likeness (QED) is 0.493. The van der Waals surface area contributed by atoms with Crippen molar-refractivity contribution in [1.82, 2.24) is 35.1 Å². The molecule has 2 aliphatic rings. The van der Waals surface area contributed by atoms with Crippen LogP contribution in [0, 0.1) is 12.8 Å². The third-order valence-corrected chi connectivity index (χ3v) is 6.68. The first-order valence-electron chi connectivity index (χ1n) is 11.6. The lowest BCUT2D eigenvalue weighted by molar-refractivity contribution is 0.297.